The second-order valence-electron chi connectivity index (χ2n) is 4.68. The van der Waals surface area contributed by atoms with E-state index in [9.17, 15) is 4.79 Å². The highest BCUT2D eigenvalue weighted by Crippen LogP contribution is 2.34. The fourth-order valence-corrected chi connectivity index (χ4v) is 2.51. The number of nitrogens with zero attached hydrogens (tertiary/aromatic N) is 1. The largest absolute Gasteiger partial charge is 0.486 e. The van der Waals surface area contributed by atoms with Gasteiger partial charge in [-0.1, -0.05) is 6.07 Å². The van der Waals surface area contributed by atoms with Crippen LogP contribution >= 0.6 is 0 Å². The zero-order valence-corrected chi connectivity index (χ0v) is 10.4. The number of piperidine rings is 1. The lowest BCUT2D eigenvalue weighted by Gasteiger charge is -2.28. The number of amides is 1. The van der Waals surface area contributed by atoms with Crippen molar-refractivity contribution in [2.24, 2.45) is 0 Å². The molecule has 0 bridgehead atoms. The van der Waals surface area contributed by atoms with E-state index in [-0.39, 0.29) is 5.91 Å². The number of rotatable bonds is 1. The van der Waals surface area contributed by atoms with Gasteiger partial charge in [0.15, 0.2) is 11.5 Å². The van der Waals surface area contributed by atoms with Crippen molar-refractivity contribution in [1.82, 2.24) is 4.90 Å². The SMILES string of the molecule is O=C(c1cccc2c1OCCO2)N1CCCCC1. The molecule has 0 radical (unpaired) electrons. The van der Waals surface area contributed by atoms with Gasteiger partial charge in [-0.3, -0.25) is 4.79 Å². The van der Waals surface area contributed by atoms with Crippen LogP contribution in [0.5, 0.6) is 11.5 Å². The summed E-state index contributed by atoms with van der Waals surface area (Å²) in [5.41, 5.74) is 0.633. The molecule has 0 atom stereocenters. The number of likely N-dealkylation sites (tertiary alicyclic amines) is 1. The summed E-state index contributed by atoms with van der Waals surface area (Å²) >= 11 is 0. The van der Waals surface area contributed by atoms with Crippen LogP contribution in [0.1, 0.15) is 29.6 Å². The maximum Gasteiger partial charge on any atom is 0.257 e. The van der Waals surface area contributed by atoms with Crippen molar-refractivity contribution in [3.8, 4) is 11.5 Å². The van der Waals surface area contributed by atoms with Gasteiger partial charge in [0.1, 0.15) is 13.2 Å². The fraction of sp³-hybridized carbons (Fsp3) is 0.500. The zero-order chi connectivity index (χ0) is 12.4. The van der Waals surface area contributed by atoms with Gasteiger partial charge in [-0.25, -0.2) is 0 Å². The average molecular weight is 247 g/mol. The van der Waals surface area contributed by atoms with Gasteiger partial charge in [-0.15, -0.1) is 0 Å². The monoisotopic (exact) mass is 247 g/mol. The maximum absolute atomic E-state index is 12.5. The van der Waals surface area contributed by atoms with E-state index in [4.69, 9.17) is 9.47 Å². The van der Waals surface area contributed by atoms with Crippen LogP contribution in [0.2, 0.25) is 0 Å². The van der Waals surface area contributed by atoms with Crippen LogP contribution in [0.15, 0.2) is 18.2 Å². The predicted octanol–water partition coefficient (Wildman–Crippen LogP) is 2.08. The molecule has 2 aliphatic rings. The topological polar surface area (TPSA) is 38.8 Å². The Morgan fingerprint density at radius 2 is 1.83 bits per heavy atom. The Hall–Kier alpha value is -1.71. The van der Waals surface area contributed by atoms with Crippen LogP contribution in [0.3, 0.4) is 0 Å². The van der Waals surface area contributed by atoms with E-state index in [1.165, 1.54) is 6.42 Å². The number of ether oxygens (including phenoxy) is 2. The second kappa shape index (κ2) is 4.88. The highest BCUT2D eigenvalue weighted by Gasteiger charge is 2.25. The number of carbonyl (C=O) groups excluding carboxylic acids is 1. The highest BCUT2D eigenvalue weighted by atomic mass is 16.6. The first kappa shape index (κ1) is 11.4. The lowest BCUT2D eigenvalue weighted by molar-refractivity contribution is 0.0714. The molecule has 0 N–H and O–H groups in total. The molecular formula is C14H17NO3. The molecule has 4 heteroatoms. The number of para-hydroxylation sites is 1. The van der Waals surface area contributed by atoms with E-state index in [0.29, 0.717) is 30.3 Å². The number of benzene rings is 1. The van der Waals surface area contributed by atoms with Crippen LogP contribution in [0, 0.1) is 0 Å². The molecule has 18 heavy (non-hydrogen) atoms. The van der Waals surface area contributed by atoms with Crippen LogP contribution in [0.4, 0.5) is 0 Å². The van der Waals surface area contributed by atoms with Gasteiger partial charge in [0.2, 0.25) is 0 Å². The Balaban J connectivity index is 1.89. The standard InChI is InChI=1S/C14H17NO3/c16-14(15-7-2-1-3-8-15)11-5-4-6-12-13(11)18-10-9-17-12/h4-6H,1-3,7-10H2. The van der Waals surface area contributed by atoms with E-state index < -0.39 is 0 Å². The van der Waals surface area contributed by atoms with E-state index >= 15 is 0 Å². The Labute approximate surface area is 106 Å². The minimum atomic E-state index is 0.0667. The molecule has 1 fully saturated rings. The van der Waals surface area contributed by atoms with Crippen molar-refractivity contribution in [1.29, 1.82) is 0 Å². The van der Waals surface area contributed by atoms with Crippen LogP contribution < -0.4 is 9.47 Å². The number of carbonyl (C=O) groups is 1. The Bertz CT molecular complexity index is 452. The Kier molecular flexibility index (Phi) is 3.09. The summed E-state index contributed by atoms with van der Waals surface area (Å²) < 4.78 is 11.1. The van der Waals surface area contributed by atoms with Crippen LogP contribution in [-0.4, -0.2) is 37.1 Å². The third kappa shape index (κ3) is 2.03. The molecule has 0 aliphatic carbocycles. The molecule has 1 saturated heterocycles. The zero-order valence-electron chi connectivity index (χ0n) is 10.4. The summed E-state index contributed by atoms with van der Waals surface area (Å²) in [5, 5.41) is 0. The second-order valence-corrected chi connectivity index (χ2v) is 4.68. The van der Waals surface area contributed by atoms with Crippen molar-refractivity contribution in [3.05, 3.63) is 23.8 Å². The third-order valence-corrected chi connectivity index (χ3v) is 3.44. The van der Waals surface area contributed by atoms with Gasteiger partial charge in [0, 0.05) is 13.1 Å². The van der Waals surface area contributed by atoms with Gasteiger partial charge in [0.05, 0.1) is 5.56 Å². The Morgan fingerprint density at radius 1 is 1.06 bits per heavy atom. The molecule has 2 aliphatic heterocycles. The molecular weight excluding hydrogens is 230 g/mol. The molecule has 1 aromatic rings. The normalized spacial score (nSPS) is 18.6. The summed E-state index contributed by atoms with van der Waals surface area (Å²) in [6, 6.07) is 5.52. The molecule has 1 amide bonds. The Morgan fingerprint density at radius 3 is 2.67 bits per heavy atom. The van der Waals surface area contributed by atoms with Crippen LogP contribution in [-0.2, 0) is 0 Å². The lowest BCUT2D eigenvalue weighted by Crippen LogP contribution is -2.36. The number of hydrogen-bond acceptors (Lipinski definition) is 3. The lowest BCUT2D eigenvalue weighted by atomic mass is 10.1. The molecule has 0 unspecified atom stereocenters. The fourth-order valence-electron chi connectivity index (χ4n) is 2.51. The number of hydrogen-bond donors (Lipinski definition) is 0. The molecule has 2 heterocycles. The molecule has 1 aromatic carbocycles. The minimum absolute atomic E-state index is 0.0667. The molecule has 0 spiro atoms. The summed E-state index contributed by atoms with van der Waals surface area (Å²) in [4.78, 5) is 14.4. The van der Waals surface area contributed by atoms with E-state index in [0.717, 1.165) is 25.9 Å². The molecule has 0 saturated carbocycles. The number of fused-ring (bicyclic) bond motifs is 1. The summed E-state index contributed by atoms with van der Waals surface area (Å²) in [7, 11) is 0. The van der Waals surface area contributed by atoms with Gasteiger partial charge >= 0.3 is 0 Å². The quantitative estimate of drug-likeness (QED) is 0.762. The molecule has 96 valence electrons. The molecule has 3 rings (SSSR count). The van der Waals surface area contributed by atoms with Gasteiger partial charge in [0.25, 0.3) is 5.91 Å². The van der Waals surface area contributed by atoms with Crippen molar-refractivity contribution < 1.29 is 14.3 Å². The van der Waals surface area contributed by atoms with Gasteiger partial charge in [-0.05, 0) is 31.4 Å². The van der Waals surface area contributed by atoms with Crippen molar-refractivity contribution in [2.75, 3.05) is 26.3 Å². The van der Waals surface area contributed by atoms with E-state index in [2.05, 4.69) is 0 Å². The van der Waals surface area contributed by atoms with Crippen molar-refractivity contribution in [2.45, 2.75) is 19.3 Å². The van der Waals surface area contributed by atoms with Gasteiger partial charge in [-0.2, -0.15) is 0 Å². The summed E-state index contributed by atoms with van der Waals surface area (Å²) in [5.74, 6) is 1.36. The first-order valence-corrected chi connectivity index (χ1v) is 6.54. The summed E-state index contributed by atoms with van der Waals surface area (Å²) in [6.07, 6.45) is 3.41. The average Bonchev–Trinajstić information content (AvgIpc) is 2.47. The molecule has 0 aromatic heterocycles. The highest BCUT2D eigenvalue weighted by molar-refractivity contribution is 5.98. The van der Waals surface area contributed by atoms with Gasteiger partial charge < -0.3 is 14.4 Å². The van der Waals surface area contributed by atoms with Crippen LogP contribution in [0.25, 0.3) is 0 Å². The van der Waals surface area contributed by atoms with Crippen molar-refractivity contribution >= 4 is 5.91 Å². The van der Waals surface area contributed by atoms with E-state index in [1.807, 2.05) is 23.1 Å². The summed E-state index contributed by atoms with van der Waals surface area (Å²) in [6.45, 7) is 2.76. The third-order valence-electron chi connectivity index (χ3n) is 3.44. The smallest absolute Gasteiger partial charge is 0.257 e. The first-order chi connectivity index (χ1) is 8.86. The first-order valence-electron chi connectivity index (χ1n) is 6.54. The van der Waals surface area contributed by atoms with E-state index in [1.54, 1.807) is 0 Å². The molecule has 4 nitrogen and oxygen atoms in total. The minimum Gasteiger partial charge on any atom is -0.486 e. The maximum atomic E-state index is 12.5. The van der Waals surface area contributed by atoms with Crippen molar-refractivity contribution in [3.63, 3.8) is 0 Å². The predicted molar refractivity (Wildman–Crippen MR) is 67.2 cm³/mol.